The van der Waals surface area contributed by atoms with Gasteiger partial charge in [-0.1, -0.05) is 18.6 Å². The Labute approximate surface area is 255 Å². The van der Waals surface area contributed by atoms with Crippen LogP contribution in [0.2, 0.25) is 0 Å². The fraction of sp³-hybridized carbons (Fsp3) is 0.581. The van der Waals surface area contributed by atoms with Gasteiger partial charge >= 0.3 is 6.18 Å². The van der Waals surface area contributed by atoms with E-state index in [-0.39, 0.29) is 12.0 Å². The van der Waals surface area contributed by atoms with Crippen LogP contribution >= 0.6 is 11.8 Å². The first-order chi connectivity index (χ1) is 20.6. The molecule has 1 unspecified atom stereocenters. The van der Waals surface area contributed by atoms with E-state index >= 15 is 0 Å². The molecule has 3 fully saturated rings. The number of hydrogen-bond acceptors (Lipinski definition) is 7. The maximum atomic E-state index is 13.9. The SMILES string of the molecule is Cc1c(Cc2c(CN3CCC4(CCCCS4)C3)nc3c(/N=C/N(C)C)cc(N4CCOCC4)nn23)cccc1C(F)(F)F. The number of imidazole rings is 1. The Morgan fingerprint density at radius 2 is 1.95 bits per heavy atom. The number of thioether (sulfide) groups is 1. The molecule has 3 saturated heterocycles. The predicted molar refractivity (Wildman–Crippen MR) is 166 cm³/mol. The van der Waals surface area contributed by atoms with Crippen molar-refractivity contribution in [2.75, 3.05) is 64.1 Å². The zero-order chi connectivity index (χ0) is 30.2. The third kappa shape index (κ3) is 6.51. The van der Waals surface area contributed by atoms with E-state index in [0.29, 0.717) is 54.5 Å². The molecule has 1 atom stereocenters. The number of likely N-dealkylation sites (tertiary alicyclic amines) is 1. The topological polar surface area (TPSA) is 61.5 Å². The molecule has 232 valence electrons. The highest BCUT2D eigenvalue weighted by Crippen LogP contribution is 2.44. The van der Waals surface area contributed by atoms with E-state index in [2.05, 4.69) is 21.6 Å². The van der Waals surface area contributed by atoms with E-state index in [0.717, 1.165) is 42.8 Å². The van der Waals surface area contributed by atoms with Crippen LogP contribution in [-0.4, -0.2) is 94.7 Å². The number of rotatable bonds is 7. The zero-order valence-corrected chi connectivity index (χ0v) is 26.0. The summed E-state index contributed by atoms with van der Waals surface area (Å²) in [6.07, 6.45) is 2.57. The van der Waals surface area contributed by atoms with Crippen molar-refractivity contribution in [3.8, 4) is 0 Å². The van der Waals surface area contributed by atoms with Crippen LogP contribution in [0.15, 0.2) is 29.3 Å². The second-order valence-electron chi connectivity index (χ2n) is 12.1. The Hall–Kier alpha value is -2.83. The summed E-state index contributed by atoms with van der Waals surface area (Å²) in [6, 6.07) is 6.40. The molecule has 12 heteroatoms. The molecule has 0 saturated carbocycles. The van der Waals surface area contributed by atoms with Gasteiger partial charge in [-0.2, -0.15) is 24.9 Å². The summed E-state index contributed by atoms with van der Waals surface area (Å²) >= 11 is 2.11. The number of ether oxygens (including phenoxy) is 1. The number of hydrogen-bond donors (Lipinski definition) is 0. The summed E-state index contributed by atoms with van der Waals surface area (Å²) < 4.78 is 49.3. The molecule has 3 aliphatic rings. The number of halogens is 3. The largest absolute Gasteiger partial charge is 0.416 e. The third-order valence-electron chi connectivity index (χ3n) is 8.80. The van der Waals surface area contributed by atoms with Gasteiger partial charge in [-0.05, 0) is 55.7 Å². The summed E-state index contributed by atoms with van der Waals surface area (Å²) in [5.41, 5.74) is 3.22. The average molecular weight is 616 g/mol. The maximum Gasteiger partial charge on any atom is 0.416 e. The first kappa shape index (κ1) is 30.2. The van der Waals surface area contributed by atoms with Gasteiger partial charge in [0.1, 0.15) is 5.69 Å². The number of aliphatic imine (C=N–C) groups is 1. The molecule has 3 aliphatic heterocycles. The molecule has 0 radical (unpaired) electrons. The van der Waals surface area contributed by atoms with Crippen LogP contribution < -0.4 is 4.90 Å². The van der Waals surface area contributed by atoms with E-state index in [1.165, 1.54) is 31.1 Å². The summed E-state index contributed by atoms with van der Waals surface area (Å²) in [5, 5.41) is 5.05. The lowest BCUT2D eigenvalue weighted by Gasteiger charge is -2.32. The molecule has 3 aromatic rings. The molecule has 1 aromatic carbocycles. The monoisotopic (exact) mass is 615 g/mol. The van der Waals surface area contributed by atoms with Crippen molar-refractivity contribution in [1.29, 1.82) is 0 Å². The Morgan fingerprint density at radius 3 is 2.67 bits per heavy atom. The lowest BCUT2D eigenvalue weighted by atomic mass is 9.98. The van der Waals surface area contributed by atoms with Gasteiger partial charge in [-0.15, -0.1) is 5.10 Å². The predicted octanol–water partition coefficient (Wildman–Crippen LogP) is 5.57. The van der Waals surface area contributed by atoms with E-state index in [4.69, 9.17) is 19.8 Å². The fourth-order valence-corrected chi connectivity index (χ4v) is 8.05. The lowest BCUT2D eigenvalue weighted by Crippen LogP contribution is -2.37. The molecule has 6 rings (SSSR count). The van der Waals surface area contributed by atoms with Crippen molar-refractivity contribution in [2.45, 2.75) is 56.5 Å². The first-order valence-electron chi connectivity index (χ1n) is 15.1. The van der Waals surface area contributed by atoms with E-state index < -0.39 is 11.7 Å². The van der Waals surface area contributed by atoms with Gasteiger partial charge in [0.15, 0.2) is 11.5 Å². The Balaban J connectivity index is 1.45. The molecular formula is C31H40F3N7OS. The first-order valence-corrected chi connectivity index (χ1v) is 16.1. The van der Waals surface area contributed by atoms with Crippen LogP contribution in [0.3, 0.4) is 0 Å². The number of morpholine rings is 1. The smallest absolute Gasteiger partial charge is 0.378 e. The number of fused-ring (bicyclic) bond motifs is 1. The van der Waals surface area contributed by atoms with Gasteiger partial charge in [0.05, 0.1) is 36.5 Å². The average Bonchev–Trinajstić information content (AvgIpc) is 3.53. The summed E-state index contributed by atoms with van der Waals surface area (Å²) in [6.45, 7) is 6.80. The van der Waals surface area contributed by atoms with Crippen molar-refractivity contribution >= 4 is 35.3 Å². The Kier molecular flexibility index (Phi) is 8.63. The molecule has 8 nitrogen and oxygen atoms in total. The van der Waals surface area contributed by atoms with Crippen molar-refractivity contribution in [2.24, 2.45) is 4.99 Å². The molecule has 0 amide bonds. The minimum absolute atomic E-state index is 0.241. The maximum absolute atomic E-state index is 13.9. The van der Waals surface area contributed by atoms with E-state index in [1.807, 2.05) is 29.6 Å². The van der Waals surface area contributed by atoms with Gasteiger partial charge in [-0.25, -0.2) is 14.5 Å². The number of anilines is 1. The highest BCUT2D eigenvalue weighted by atomic mass is 32.2. The standard InChI is InChI=1S/C31H40F3N7OS/c1-22-23(7-6-8-24(22)31(32,33)34)17-27-26(19-39-11-10-30(20-39)9-4-5-16-43-30)36-29-25(35-21-38(2)3)18-28(37-41(27)29)40-12-14-42-15-13-40/h6-8,18,21H,4-5,9-17,19-20H2,1-3H3/b35-21+. The Bertz CT molecular complexity index is 1480. The quantitative estimate of drug-likeness (QED) is 0.255. The van der Waals surface area contributed by atoms with Crippen LogP contribution in [0.4, 0.5) is 24.7 Å². The fourth-order valence-electron chi connectivity index (χ4n) is 6.47. The molecule has 1 spiro atoms. The number of nitrogens with zero attached hydrogens (tertiary/aromatic N) is 7. The summed E-state index contributed by atoms with van der Waals surface area (Å²) in [5.74, 6) is 1.97. The van der Waals surface area contributed by atoms with Crippen molar-refractivity contribution in [3.63, 3.8) is 0 Å². The van der Waals surface area contributed by atoms with Crippen LogP contribution in [-0.2, 0) is 23.9 Å². The molecule has 2 aromatic heterocycles. The zero-order valence-electron chi connectivity index (χ0n) is 25.2. The van der Waals surface area contributed by atoms with Gasteiger partial charge in [0, 0.05) is 57.5 Å². The number of alkyl halides is 3. The number of aromatic nitrogens is 3. The van der Waals surface area contributed by atoms with Crippen LogP contribution in [0.25, 0.3) is 5.65 Å². The molecule has 0 aliphatic carbocycles. The van der Waals surface area contributed by atoms with Crippen LogP contribution in [0.1, 0.15) is 53.8 Å². The minimum atomic E-state index is -4.42. The lowest BCUT2D eigenvalue weighted by molar-refractivity contribution is -0.138. The normalized spacial score (nSPS) is 22.0. The minimum Gasteiger partial charge on any atom is -0.378 e. The van der Waals surface area contributed by atoms with Gasteiger partial charge in [0.25, 0.3) is 0 Å². The molecular weight excluding hydrogens is 575 g/mol. The third-order valence-corrected chi connectivity index (χ3v) is 10.4. The van der Waals surface area contributed by atoms with Crippen molar-refractivity contribution in [1.82, 2.24) is 24.4 Å². The second-order valence-corrected chi connectivity index (χ2v) is 13.7. The molecule has 0 N–H and O–H groups in total. The molecule has 5 heterocycles. The summed E-state index contributed by atoms with van der Waals surface area (Å²) in [4.78, 5) is 16.4. The Morgan fingerprint density at radius 1 is 1.14 bits per heavy atom. The van der Waals surface area contributed by atoms with Crippen molar-refractivity contribution in [3.05, 3.63) is 52.3 Å². The van der Waals surface area contributed by atoms with Crippen LogP contribution in [0.5, 0.6) is 0 Å². The second kappa shape index (κ2) is 12.3. The van der Waals surface area contributed by atoms with Crippen LogP contribution in [0, 0.1) is 6.92 Å². The van der Waals surface area contributed by atoms with Gasteiger partial charge in [-0.3, -0.25) is 4.90 Å². The molecule has 0 bridgehead atoms. The van der Waals surface area contributed by atoms with Gasteiger partial charge < -0.3 is 14.5 Å². The van der Waals surface area contributed by atoms with Gasteiger partial charge in [0.2, 0.25) is 0 Å². The van der Waals surface area contributed by atoms with E-state index in [1.54, 1.807) is 19.3 Å². The van der Waals surface area contributed by atoms with E-state index in [9.17, 15) is 13.2 Å². The highest BCUT2D eigenvalue weighted by Gasteiger charge is 2.40. The number of benzene rings is 1. The summed E-state index contributed by atoms with van der Waals surface area (Å²) in [7, 11) is 3.83. The van der Waals surface area contributed by atoms with Crippen molar-refractivity contribution < 1.29 is 17.9 Å². The highest BCUT2D eigenvalue weighted by molar-refractivity contribution is 8.00. The molecule has 43 heavy (non-hydrogen) atoms.